The Morgan fingerprint density at radius 3 is 2.57 bits per heavy atom. The van der Waals surface area contributed by atoms with Gasteiger partial charge >= 0.3 is 5.97 Å². The van der Waals surface area contributed by atoms with Gasteiger partial charge in [-0.3, -0.25) is 0 Å². The van der Waals surface area contributed by atoms with Crippen molar-refractivity contribution in [3.8, 4) is 0 Å². The SMILES string of the molecule is CCOC(=O)c1cc2c3ccccc3n(CCCc3ccccc3)c2c(C)n1. The first kappa shape index (κ1) is 18.2. The van der Waals surface area contributed by atoms with Gasteiger partial charge in [-0.05, 0) is 44.4 Å². The Morgan fingerprint density at radius 2 is 1.79 bits per heavy atom. The van der Waals surface area contributed by atoms with Crippen LogP contribution in [0.5, 0.6) is 0 Å². The Kier molecular flexibility index (Phi) is 5.11. The van der Waals surface area contributed by atoms with Gasteiger partial charge in [0.2, 0.25) is 0 Å². The molecule has 0 saturated carbocycles. The number of para-hydroxylation sites is 1. The first-order chi connectivity index (χ1) is 13.7. The van der Waals surface area contributed by atoms with Crippen molar-refractivity contribution in [3.05, 3.63) is 77.6 Å². The zero-order valence-electron chi connectivity index (χ0n) is 16.3. The third-order valence-corrected chi connectivity index (χ3v) is 5.10. The lowest BCUT2D eigenvalue weighted by Crippen LogP contribution is -2.09. The molecule has 0 aliphatic rings. The minimum absolute atomic E-state index is 0.346. The van der Waals surface area contributed by atoms with E-state index >= 15 is 0 Å². The number of benzene rings is 2. The number of carbonyl (C=O) groups is 1. The van der Waals surface area contributed by atoms with Crippen molar-refractivity contribution < 1.29 is 9.53 Å². The molecule has 0 N–H and O–H groups in total. The molecule has 2 aromatic heterocycles. The lowest BCUT2D eigenvalue weighted by atomic mass is 10.1. The standard InChI is InChI=1S/C24H24N2O2/c1-3-28-24(27)21-16-20-19-13-7-8-14-22(19)26(23(20)17(2)25-21)15-9-12-18-10-5-4-6-11-18/h4-8,10-11,13-14,16H,3,9,12,15H2,1-2H3. The summed E-state index contributed by atoms with van der Waals surface area (Å²) >= 11 is 0. The van der Waals surface area contributed by atoms with Gasteiger partial charge in [-0.15, -0.1) is 0 Å². The largest absolute Gasteiger partial charge is 0.461 e. The van der Waals surface area contributed by atoms with Crippen LogP contribution in [0.4, 0.5) is 0 Å². The van der Waals surface area contributed by atoms with Crippen molar-refractivity contribution in [3.63, 3.8) is 0 Å². The van der Waals surface area contributed by atoms with Crippen LogP contribution in [-0.2, 0) is 17.7 Å². The van der Waals surface area contributed by atoms with Crippen molar-refractivity contribution in [2.45, 2.75) is 33.2 Å². The summed E-state index contributed by atoms with van der Waals surface area (Å²) in [6.07, 6.45) is 2.07. The quantitative estimate of drug-likeness (QED) is 0.431. The Morgan fingerprint density at radius 1 is 1.04 bits per heavy atom. The lowest BCUT2D eigenvalue weighted by molar-refractivity contribution is 0.0519. The van der Waals surface area contributed by atoms with Gasteiger partial charge in [0.1, 0.15) is 5.69 Å². The molecular weight excluding hydrogens is 348 g/mol. The summed E-state index contributed by atoms with van der Waals surface area (Å²) in [6, 6.07) is 20.8. The van der Waals surface area contributed by atoms with E-state index in [1.165, 1.54) is 11.1 Å². The molecule has 0 unspecified atom stereocenters. The highest BCUT2D eigenvalue weighted by molar-refractivity contribution is 6.10. The predicted octanol–water partition coefficient (Wildman–Crippen LogP) is 5.31. The topological polar surface area (TPSA) is 44.1 Å². The third-order valence-electron chi connectivity index (χ3n) is 5.10. The maximum atomic E-state index is 12.2. The molecule has 4 nitrogen and oxygen atoms in total. The minimum Gasteiger partial charge on any atom is -0.461 e. The summed E-state index contributed by atoms with van der Waals surface area (Å²) in [7, 11) is 0. The molecule has 0 radical (unpaired) electrons. The zero-order valence-corrected chi connectivity index (χ0v) is 16.3. The van der Waals surface area contributed by atoms with Gasteiger partial charge in [-0.1, -0.05) is 48.5 Å². The Labute approximate surface area is 164 Å². The number of fused-ring (bicyclic) bond motifs is 3. The average molecular weight is 372 g/mol. The van der Waals surface area contributed by atoms with Gasteiger partial charge in [0.25, 0.3) is 0 Å². The fourth-order valence-electron chi connectivity index (χ4n) is 3.90. The second-order valence-electron chi connectivity index (χ2n) is 6.97. The molecule has 0 saturated heterocycles. The summed E-state index contributed by atoms with van der Waals surface area (Å²) in [4.78, 5) is 16.8. The number of pyridine rings is 1. The minimum atomic E-state index is -0.367. The molecule has 0 atom stereocenters. The van der Waals surface area contributed by atoms with Crippen LogP contribution in [0.15, 0.2) is 60.7 Å². The first-order valence-corrected chi connectivity index (χ1v) is 9.78. The molecule has 2 heterocycles. The van der Waals surface area contributed by atoms with Gasteiger partial charge in [0.05, 0.1) is 17.8 Å². The normalized spacial score (nSPS) is 11.2. The fourth-order valence-corrected chi connectivity index (χ4v) is 3.90. The van der Waals surface area contributed by atoms with Crippen molar-refractivity contribution in [2.24, 2.45) is 0 Å². The van der Waals surface area contributed by atoms with Crippen LogP contribution < -0.4 is 0 Å². The van der Waals surface area contributed by atoms with E-state index in [0.29, 0.717) is 12.3 Å². The number of aromatic nitrogens is 2. The average Bonchev–Trinajstić information content (AvgIpc) is 3.04. The van der Waals surface area contributed by atoms with E-state index in [1.54, 1.807) is 0 Å². The van der Waals surface area contributed by atoms with E-state index in [2.05, 4.69) is 52.0 Å². The van der Waals surface area contributed by atoms with Gasteiger partial charge in [0.15, 0.2) is 0 Å². The summed E-state index contributed by atoms with van der Waals surface area (Å²) < 4.78 is 7.49. The molecular formula is C24H24N2O2. The molecule has 4 rings (SSSR count). The van der Waals surface area contributed by atoms with Gasteiger partial charge in [0, 0.05) is 22.8 Å². The molecule has 0 bridgehead atoms. The molecule has 0 spiro atoms. The van der Waals surface area contributed by atoms with Crippen molar-refractivity contribution >= 4 is 27.8 Å². The number of nitrogens with zero attached hydrogens (tertiary/aromatic N) is 2. The summed E-state index contributed by atoms with van der Waals surface area (Å²) in [5, 5.41) is 2.21. The van der Waals surface area contributed by atoms with Gasteiger partial charge in [-0.25, -0.2) is 9.78 Å². The van der Waals surface area contributed by atoms with E-state index < -0.39 is 0 Å². The number of esters is 1. The zero-order chi connectivity index (χ0) is 19.5. The van der Waals surface area contributed by atoms with Crippen LogP contribution in [0.25, 0.3) is 21.8 Å². The molecule has 4 heteroatoms. The highest BCUT2D eigenvalue weighted by Gasteiger charge is 2.17. The number of ether oxygens (including phenoxy) is 1. The molecule has 0 fully saturated rings. The molecule has 4 aromatic rings. The van der Waals surface area contributed by atoms with Crippen LogP contribution in [0.1, 0.15) is 35.1 Å². The number of carbonyl (C=O) groups excluding carboxylic acids is 1. The summed E-state index contributed by atoms with van der Waals surface area (Å²) in [5.74, 6) is -0.367. The van der Waals surface area contributed by atoms with Crippen molar-refractivity contribution in [1.82, 2.24) is 9.55 Å². The second-order valence-corrected chi connectivity index (χ2v) is 6.97. The van der Waals surface area contributed by atoms with Crippen LogP contribution in [0, 0.1) is 6.92 Å². The maximum absolute atomic E-state index is 12.2. The molecule has 0 amide bonds. The van der Waals surface area contributed by atoms with Crippen molar-refractivity contribution in [2.75, 3.05) is 6.61 Å². The lowest BCUT2D eigenvalue weighted by Gasteiger charge is -2.10. The van der Waals surface area contributed by atoms with Crippen LogP contribution in [0.2, 0.25) is 0 Å². The highest BCUT2D eigenvalue weighted by atomic mass is 16.5. The monoisotopic (exact) mass is 372 g/mol. The summed E-state index contributed by atoms with van der Waals surface area (Å²) in [5.41, 5.74) is 4.86. The number of hydrogen-bond acceptors (Lipinski definition) is 3. The Hall–Kier alpha value is -3.14. The van der Waals surface area contributed by atoms with Crippen molar-refractivity contribution in [1.29, 1.82) is 0 Å². The number of hydrogen-bond donors (Lipinski definition) is 0. The Balaban J connectivity index is 1.75. The number of rotatable bonds is 6. The molecule has 0 aliphatic heterocycles. The molecule has 2 aromatic carbocycles. The van der Waals surface area contributed by atoms with E-state index in [9.17, 15) is 4.79 Å². The maximum Gasteiger partial charge on any atom is 0.356 e. The van der Waals surface area contributed by atoms with Gasteiger partial charge in [-0.2, -0.15) is 0 Å². The second kappa shape index (κ2) is 7.85. The van der Waals surface area contributed by atoms with Crippen LogP contribution >= 0.6 is 0 Å². The molecule has 0 aliphatic carbocycles. The fraction of sp³-hybridized carbons (Fsp3) is 0.250. The first-order valence-electron chi connectivity index (χ1n) is 9.78. The summed E-state index contributed by atoms with van der Waals surface area (Å²) in [6.45, 7) is 5.03. The van der Waals surface area contributed by atoms with E-state index in [0.717, 1.165) is 41.4 Å². The van der Waals surface area contributed by atoms with E-state index in [4.69, 9.17) is 4.74 Å². The third kappa shape index (κ3) is 3.38. The number of aryl methyl sites for hydroxylation is 3. The van der Waals surface area contributed by atoms with Gasteiger partial charge < -0.3 is 9.30 Å². The molecule has 28 heavy (non-hydrogen) atoms. The Bertz CT molecular complexity index is 1130. The predicted molar refractivity (Wildman–Crippen MR) is 113 cm³/mol. The van der Waals surface area contributed by atoms with E-state index in [-0.39, 0.29) is 5.97 Å². The molecule has 142 valence electrons. The van der Waals surface area contributed by atoms with Crippen LogP contribution in [-0.4, -0.2) is 22.1 Å². The van der Waals surface area contributed by atoms with E-state index in [1.807, 2.05) is 32.0 Å². The highest BCUT2D eigenvalue weighted by Crippen LogP contribution is 2.31. The van der Waals surface area contributed by atoms with Crippen LogP contribution in [0.3, 0.4) is 0 Å². The smallest absolute Gasteiger partial charge is 0.356 e.